The van der Waals surface area contributed by atoms with E-state index in [0.29, 0.717) is 5.75 Å². The van der Waals surface area contributed by atoms with Crippen molar-refractivity contribution >= 4 is 0 Å². The first-order valence-electron chi connectivity index (χ1n) is 4.38. The Kier molecular flexibility index (Phi) is 0.989. The number of nitrogens with one attached hydrogen (secondary N) is 1. The van der Waals surface area contributed by atoms with E-state index in [4.69, 9.17) is 0 Å². The van der Waals surface area contributed by atoms with Gasteiger partial charge in [-0.3, -0.25) is 0 Å². The Morgan fingerprint density at radius 3 is 2.92 bits per heavy atom. The van der Waals surface area contributed by atoms with Crippen molar-refractivity contribution in [2.45, 2.75) is 24.9 Å². The van der Waals surface area contributed by atoms with Crippen LogP contribution in [0.2, 0.25) is 0 Å². The smallest absolute Gasteiger partial charge is 0.115 e. The molecule has 1 aromatic carbocycles. The van der Waals surface area contributed by atoms with Gasteiger partial charge in [0.25, 0.3) is 0 Å². The van der Waals surface area contributed by atoms with Gasteiger partial charge in [-0.05, 0) is 36.1 Å². The summed E-state index contributed by atoms with van der Waals surface area (Å²) in [5, 5.41) is 12.8. The molecule has 0 saturated heterocycles. The molecule has 0 unspecified atom stereocenters. The highest BCUT2D eigenvalue weighted by atomic mass is 16.3. The number of phenolic OH excluding ortho intramolecular Hbond substituents is 1. The van der Waals surface area contributed by atoms with E-state index in [1.807, 2.05) is 12.1 Å². The van der Waals surface area contributed by atoms with Crippen LogP contribution in [0.15, 0.2) is 18.2 Å². The van der Waals surface area contributed by atoms with Crippen molar-refractivity contribution in [1.29, 1.82) is 0 Å². The van der Waals surface area contributed by atoms with Crippen molar-refractivity contribution in [1.82, 2.24) is 5.32 Å². The number of hydrogen-bond donors (Lipinski definition) is 2. The summed E-state index contributed by atoms with van der Waals surface area (Å²) in [5.41, 5.74) is 2.93. The third kappa shape index (κ3) is 0.681. The summed E-state index contributed by atoms with van der Waals surface area (Å²) in [7, 11) is 0. The maximum atomic E-state index is 9.33. The first-order valence-corrected chi connectivity index (χ1v) is 4.38. The number of hydrogen-bond acceptors (Lipinski definition) is 2. The molecule has 2 N–H and O–H groups in total. The standard InChI is InChI=1S/C10H11NO/c12-8-2-1-7-6-11-10(3-4-10)9(7)5-8/h1-2,5,11-12H,3-4,6H2. The highest BCUT2D eigenvalue weighted by Crippen LogP contribution is 2.50. The number of phenols is 1. The van der Waals surface area contributed by atoms with Crippen LogP contribution in [0.5, 0.6) is 5.75 Å². The van der Waals surface area contributed by atoms with Gasteiger partial charge in [0.05, 0.1) is 0 Å². The minimum Gasteiger partial charge on any atom is -0.508 e. The van der Waals surface area contributed by atoms with Gasteiger partial charge in [0.1, 0.15) is 5.75 Å². The van der Waals surface area contributed by atoms with Gasteiger partial charge in [0.15, 0.2) is 0 Å². The second-order valence-corrected chi connectivity index (χ2v) is 3.78. The largest absolute Gasteiger partial charge is 0.508 e. The molecule has 1 saturated carbocycles. The SMILES string of the molecule is Oc1ccc2c(c1)C1(CC1)NC2. The highest BCUT2D eigenvalue weighted by Gasteiger charge is 2.48. The van der Waals surface area contributed by atoms with E-state index in [9.17, 15) is 5.11 Å². The van der Waals surface area contributed by atoms with Gasteiger partial charge >= 0.3 is 0 Å². The number of aromatic hydroxyl groups is 1. The number of rotatable bonds is 0. The van der Waals surface area contributed by atoms with Gasteiger partial charge in [0, 0.05) is 12.1 Å². The van der Waals surface area contributed by atoms with Crippen molar-refractivity contribution in [3.05, 3.63) is 29.3 Å². The summed E-state index contributed by atoms with van der Waals surface area (Å²) in [6.45, 7) is 0.968. The Balaban J connectivity index is 2.20. The molecule has 1 aliphatic carbocycles. The maximum absolute atomic E-state index is 9.33. The first-order chi connectivity index (χ1) is 5.80. The lowest BCUT2D eigenvalue weighted by molar-refractivity contribution is 0.473. The van der Waals surface area contributed by atoms with Gasteiger partial charge in [-0.25, -0.2) is 0 Å². The normalized spacial score (nSPS) is 22.7. The molecular weight excluding hydrogens is 150 g/mol. The number of fused-ring (bicyclic) bond motifs is 2. The highest BCUT2D eigenvalue weighted by molar-refractivity contribution is 5.45. The van der Waals surface area contributed by atoms with E-state index in [-0.39, 0.29) is 5.54 Å². The third-order valence-corrected chi connectivity index (χ3v) is 2.98. The van der Waals surface area contributed by atoms with Gasteiger partial charge in [-0.2, -0.15) is 0 Å². The van der Waals surface area contributed by atoms with E-state index >= 15 is 0 Å². The molecule has 2 heteroatoms. The van der Waals surface area contributed by atoms with Crippen LogP contribution >= 0.6 is 0 Å². The molecular formula is C10H11NO. The summed E-state index contributed by atoms with van der Waals surface area (Å²) in [5.74, 6) is 0.392. The van der Waals surface area contributed by atoms with E-state index in [2.05, 4.69) is 5.32 Å². The Morgan fingerprint density at radius 2 is 2.17 bits per heavy atom. The van der Waals surface area contributed by atoms with Crippen LogP contribution in [-0.4, -0.2) is 5.11 Å². The summed E-state index contributed by atoms with van der Waals surface area (Å²) >= 11 is 0. The lowest BCUT2D eigenvalue weighted by atomic mass is 10.0. The molecule has 62 valence electrons. The molecule has 3 rings (SSSR count). The fourth-order valence-corrected chi connectivity index (χ4v) is 2.09. The van der Waals surface area contributed by atoms with Crippen LogP contribution in [0.4, 0.5) is 0 Å². The average Bonchev–Trinajstić information content (AvgIpc) is 2.74. The molecule has 0 aromatic heterocycles. The Morgan fingerprint density at radius 1 is 1.33 bits per heavy atom. The minimum absolute atomic E-state index is 0.258. The Hall–Kier alpha value is -1.02. The summed E-state index contributed by atoms with van der Waals surface area (Å²) in [4.78, 5) is 0. The predicted molar refractivity (Wildman–Crippen MR) is 45.9 cm³/mol. The predicted octanol–water partition coefficient (Wildman–Crippen LogP) is 1.48. The molecule has 1 fully saturated rings. The van der Waals surface area contributed by atoms with Crippen molar-refractivity contribution in [3.63, 3.8) is 0 Å². The van der Waals surface area contributed by atoms with Crippen molar-refractivity contribution in [2.24, 2.45) is 0 Å². The van der Waals surface area contributed by atoms with Crippen molar-refractivity contribution in [3.8, 4) is 5.75 Å². The molecule has 2 nitrogen and oxygen atoms in total. The topological polar surface area (TPSA) is 32.3 Å². The van der Waals surface area contributed by atoms with E-state index in [1.54, 1.807) is 6.07 Å². The van der Waals surface area contributed by atoms with Gasteiger partial charge in [-0.1, -0.05) is 6.07 Å². The third-order valence-electron chi connectivity index (χ3n) is 2.98. The summed E-state index contributed by atoms with van der Waals surface area (Å²) in [6, 6.07) is 5.69. The molecule has 1 aliphatic heterocycles. The molecule has 1 heterocycles. The fourth-order valence-electron chi connectivity index (χ4n) is 2.09. The van der Waals surface area contributed by atoms with Gasteiger partial charge in [-0.15, -0.1) is 0 Å². The minimum atomic E-state index is 0.258. The zero-order valence-corrected chi connectivity index (χ0v) is 6.80. The second kappa shape index (κ2) is 1.83. The van der Waals surface area contributed by atoms with Crippen LogP contribution in [-0.2, 0) is 12.1 Å². The number of benzene rings is 1. The average molecular weight is 161 g/mol. The van der Waals surface area contributed by atoms with Crippen LogP contribution in [0.25, 0.3) is 0 Å². The Bertz CT molecular complexity index is 342. The molecule has 1 spiro atoms. The molecule has 0 amide bonds. The zero-order valence-electron chi connectivity index (χ0n) is 6.80. The molecule has 12 heavy (non-hydrogen) atoms. The van der Waals surface area contributed by atoms with Gasteiger partial charge in [0.2, 0.25) is 0 Å². The summed E-state index contributed by atoms with van der Waals surface area (Å²) in [6.07, 6.45) is 2.45. The fraction of sp³-hybridized carbons (Fsp3) is 0.400. The van der Waals surface area contributed by atoms with E-state index in [1.165, 1.54) is 24.0 Å². The van der Waals surface area contributed by atoms with Crippen LogP contribution in [0, 0.1) is 0 Å². The molecule has 2 aliphatic rings. The van der Waals surface area contributed by atoms with Crippen LogP contribution < -0.4 is 5.32 Å². The molecule has 1 aromatic rings. The molecule has 0 bridgehead atoms. The Labute approximate surface area is 71.2 Å². The van der Waals surface area contributed by atoms with Crippen molar-refractivity contribution < 1.29 is 5.11 Å². The maximum Gasteiger partial charge on any atom is 0.115 e. The lowest BCUT2D eigenvalue weighted by Crippen LogP contribution is -2.19. The monoisotopic (exact) mass is 161 g/mol. The zero-order chi connectivity index (χ0) is 8.18. The van der Waals surface area contributed by atoms with Gasteiger partial charge < -0.3 is 10.4 Å². The van der Waals surface area contributed by atoms with Crippen LogP contribution in [0.1, 0.15) is 24.0 Å². The second-order valence-electron chi connectivity index (χ2n) is 3.78. The summed E-state index contributed by atoms with van der Waals surface area (Å²) < 4.78 is 0. The quantitative estimate of drug-likeness (QED) is 0.604. The van der Waals surface area contributed by atoms with E-state index in [0.717, 1.165) is 6.54 Å². The van der Waals surface area contributed by atoms with Crippen molar-refractivity contribution in [2.75, 3.05) is 0 Å². The van der Waals surface area contributed by atoms with Crippen LogP contribution in [0.3, 0.4) is 0 Å². The molecule has 0 radical (unpaired) electrons. The first kappa shape index (κ1) is 6.49. The molecule has 0 atom stereocenters. The van der Waals surface area contributed by atoms with E-state index < -0.39 is 0 Å². The lowest BCUT2D eigenvalue weighted by Gasteiger charge is -2.07.